The lowest BCUT2D eigenvalue weighted by atomic mass is 9.91. The molecule has 1 aliphatic rings. The maximum atomic E-state index is 13.4. The van der Waals surface area contributed by atoms with Crippen LogP contribution in [0.15, 0.2) is 45.2 Å². The summed E-state index contributed by atoms with van der Waals surface area (Å²) >= 11 is 1.61. The number of aryl methyl sites for hydroxylation is 1. The van der Waals surface area contributed by atoms with E-state index in [0.717, 1.165) is 28.1 Å². The van der Waals surface area contributed by atoms with E-state index >= 15 is 0 Å². The van der Waals surface area contributed by atoms with Gasteiger partial charge in [-0.2, -0.15) is 5.16 Å². The number of carbonyl (C=O) groups excluding carboxylic acids is 2. The number of aromatic amines is 1. The summed E-state index contributed by atoms with van der Waals surface area (Å²) in [6, 6.07) is 8.68. The number of likely N-dealkylation sites (tertiary alicyclic amines) is 1. The average Bonchev–Trinajstić information content (AvgIpc) is 3.55. The van der Waals surface area contributed by atoms with Crippen LogP contribution >= 0.6 is 11.3 Å². The van der Waals surface area contributed by atoms with Crippen molar-refractivity contribution >= 4 is 23.2 Å². The molecule has 4 rings (SSSR count). The van der Waals surface area contributed by atoms with Crippen molar-refractivity contribution in [3.8, 4) is 10.4 Å². The first kappa shape index (κ1) is 23.9. The number of benzene rings is 1. The topological polar surface area (TPSA) is 108 Å². The number of hydrogen-bond donors (Lipinski definition) is 2. The van der Waals surface area contributed by atoms with Gasteiger partial charge in [0.15, 0.2) is 5.76 Å². The maximum absolute atomic E-state index is 13.4. The Morgan fingerprint density at radius 1 is 1.24 bits per heavy atom. The van der Waals surface area contributed by atoms with Gasteiger partial charge in [0.2, 0.25) is 11.8 Å². The molecular formula is C25H30N4O4S. The Balaban J connectivity index is 1.45. The Hall–Kier alpha value is -3.20. The zero-order valence-electron chi connectivity index (χ0n) is 19.8. The van der Waals surface area contributed by atoms with Crippen molar-refractivity contribution in [2.24, 2.45) is 5.92 Å². The molecule has 1 fully saturated rings. The lowest BCUT2D eigenvalue weighted by molar-refractivity contribution is -0.141. The van der Waals surface area contributed by atoms with Gasteiger partial charge in [-0.25, -0.2) is 4.98 Å². The van der Waals surface area contributed by atoms with Crippen molar-refractivity contribution in [3.63, 3.8) is 0 Å². The van der Waals surface area contributed by atoms with Gasteiger partial charge in [-0.05, 0) is 43.7 Å². The van der Waals surface area contributed by atoms with Crippen molar-refractivity contribution in [1.29, 1.82) is 0 Å². The Kier molecular flexibility index (Phi) is 7.02. The highest BCUT2D eigenvalue weighted by molar-refractivity contribution is 7.13. The molecule has 0 bridgehead atoms. The van der Waals surface area contributed by atoms with Crippen LogP contribution in [0.2, 0.25) is 0 Å². The van der Waals surface area contributed by atoms with E-state index in [-0.39, 0.29) is 29.3 Å². The molecule has 0 saturated carbocycles. The van der Waals surface area contributed by atoms with Crippen LogP contribution in [0.1, 0.15) is 62.6 Å². The molecule has 3 aromatic rings. The molecule has 2 amide bonds. The molecule has 0 radical (unpaired) electrons. The molecule has 0 aliphatic carbocycles. The minimum absolute atomic E-state index is 0.0876. The molecule has 1 aliphatic heterocycles. The summed E-state index contributed by atoms with van der Waals surface area (Å²) < 4.78 is 5.24. The highest BCUT2D eigenvalue weighted by atomic mass is 32.1. The summed E-state index contributed by atoms with van der Waals surface area (Å²) in [5.41, 5.74) is 4.55. The first-order valence-electron chi connectivity index (χ1n) is 11.6. The highest BCUT2D eigenvalue weighted by Gasteiger charge is 2.40. The van der Waals surface area contributed by atoms with E-state index in [1.165, 1.54) is 6.07 Å². The SMILES string of the molecule is Cc1ncsc1-c1ccc([C@H](C)NC(=O)[C@@H]2CCCN2C(=O)[C@@H](c2cc(=O)[nH]o2)C(C)C)cc1. The van der Waals surface area contributed by atoms with E-state index in [1.807, 2.05) is 57.5 Å². The molecule has 180 valence electrons. The van der Waals surface area contributed by atoms with Crippen LogP contribution in [-0.4, -0.2) is 39.4 Å². The van der Waals surface area contributed by atoms with Crippen molar-refractivity contribution < 1.29 is 14.1 Å². The van der Waals surface area contributed by atoms with Crippen molar-refractivity contribution in [3.05, 3.63) is 63.2 Å². The first-order valence-corrected chi connectivity index (χ1v) is 12.4. The number of nitrogens with one attached hydrogen (secondary N) is 2. The molecule has 2 N–H and O–H groups in total. The second-order valence-corrected chi connectivity index (χ2v) is 10.0. The molecule has 34 heavy (non-hydrogen) atoms. The van der Waals surface area contributed by atoms with Crippen molar-refractivity contribution in [2.45, 2.75) is 58.5 Å². The summed E-state index contributed by atoms with van der Waals surface area (Å²) in [5.74, 6) is -0.755. The van der Waals surface area contributed by atoms with E-state index in [2.05, 4.69) is 15.5 Å². The number of thiazole rings is 1. The molecule has 2 aromatic heterocycles. The van der Waals surface area contributed by atoms with Crippen LogP contribution in [0, 0.1) is 12.8 Å². The number of rotatable bonds is 7. The molecular weight excluding hydrogens is 452 g/mol. The fraction of sp³-hybridized carbons (Fsp3) is 0.440. The number of hydrogen-bond acceptors (Lipinski definition) is 6. The molecule has 0 spiro atoms. The minimum atomic E-state index is -0.618. The molecule has 1 saturated heterocycles. The zero-order valence-corrected chi connectivity index (χ0v) is 20.6. The Morgan fingerprint density at radius 2 is 1.97 bits per heavy atom. The second kappa shape index (κ2) is 9.97. The number of carbonyl (C=O) groups is 2. The molecule has 1 aromatic carbocycles. The van der Waals surface area contributed by atoms with E-state index < -0.39 is 12.0 Å². The van der Waals surface area contributed by atoms with E-state index in [0.29, 0.717) is 18.7 Å². The normalized spacial score (nSPS) is 17.7. The third kappa shape index (κ3) is 4.84. The lowest BCUT2D eigenvalue weighted by Gasteiger charge is -2.29. The number of amides is 2. The van der Waals surface area contributed by atoms with Gasteiger partial charge in [0, 0.05) is 12.6 Å². The fourth-order valence-corrected chi connectivity index (χ4v) is 5.37. The smallest absolute Gasteiger partial charge is 0.280 e. The number of nitrogens with zero attached hydrogens (tertiary/aromatic N) is 2. The van der Waals surface area contributed by atoms with E-state index in [9.17, 15) is 14.4 Å². The number of aromatic nitrogens is 2. The zero-order chi connectivity index (χ0) is 24.4. The summed E-state index contributed by atoms with van der Waals surface area (Å²) in [6.07, 6.45) is 1.36. The Bertz CT molecular complexity index is 1210. The van der Waals surface area contributed by atoms with Crippen molar-refractivity contribution in [2.75, 3.05) is 6.54 Å². The first-order chi connectivity index (χ1) is 16.3. The van der Waals surface area contributed by atoms with Gasteiger partial charge < -0.3 is 14.7 Å². The Labute approximate surface area is 202 Å². The largest absolute Gasteiger partial charge is 0.383 e. The average molecular weight is 483 g/mol. The van der Waals surface area contributed by atoms with Crippen LogP contribution in [0.25, 0.3) is 10.4 Å². The minimum Gasteiger partial charge on any atom is -0.383 e. The molecule has 9 heteroatoms. The molecule has 3 heterocycles. The molecule has 8 nitrogen and oxygen atoms in total. The van der Waals surface area contributed by atoms with Gasteiger partial charge >= 0.3 is 0 Å². The quantitative estimate of drug-likeness (QED) is 0.529. The predicted octanol–water partition coefficient (Wildman–Crippen LogP) is 4.01. The van der Waals surface area contributed by atoms with Gasteiger partial charge in [-0.1, -0.05) is 38.1 Å². The van der Waals surface area contributed by atoms with Crippen LogP contribution in [0.4, 0.5) is 0 Å². The molecule has 0 unspecified atom stereocenters. The predicted molar refractivity (Wildman–Crippen MR) is 130 cm³/mol. The molecule has 3 atom stereocenters. The van der Waals surface area contributed by atoms with Crippen LogP contribution in [0.3, 0.4) is 0 Å². The highest BCUT2D eigenvalue weighted by Crippen LogP contribution is 2.31. The van der Waals surface area contributed by atoms with Gasteiger partial charge in [-0.3, -0.25) is 14.4 Å². The number of H-pyrrole nitrogens is 1. The third-order valence-corrected chi connectivity index (χ3v) is 7.38. The summed E-state index contributed by atoms with van der Waals surface area (Å²) in [7, 11) is 0. The van der Waals surface area contributed by atoms with Crippen LogP contribution in [-0.2, 0) is 9.59 Å². The van der Waals surface area contributed by atoms with E-state index in [1.54, 1.807) is 16.2 Å². The Morgan fingerprint density at radius 3 is 2.56 bits per heavy atom. The summed E-state index contributed by atoms with van der Waals surface area (Å²) in [6.45, 7) is 8.24. The van der Waals surface area contributed by atoms with Crippen molar-refractivity contribution in [1.82, 2.24) is 20.4 Å². The van der Waals surface area contributed by atoms with E-state index in [4.69, 9.17) is 4.52 Å². The third-order valence-electron chi connectivity index (χ3n) is 6.40. The standard InChI is InChI=1S/C25H30N4O4S/c1-14(2)22(20-12-21(30)28-33-20)25(32)29-11-5-6-19(29)24(31)27-15(3)17-7-9-18(10-8-17)23-16(4)26-13-34-23/h7-10,12-15,19,22H,5-6,11H2,1-4H3,(H,27,31)(H,28,30)/t15-,19-,22+/m0/s1. The summed E-state index contributed by atoms with van der Waals surface area (Å²) in [4.78, 5) is 45.2. The van der Waals surface area contributed by atoms with Crippen LogP contribution < -0.4 is 10.9 Å². The van der Waals surface area contributed by atoms with Gasteiger partial charge in [0.1, 0.15) is 12.0 Å². The van der Waals surface area contributed by atoms with Gasteiger partial charge in [0.05, 0.1) is 22.1 Å². The van der Waals surface area contributed by atoms with Gasteiger partial charge in [0.25, 0.3) is 5.56 Å². The monoisotopic (exact) mass is 482 g/mol. The summed E-state index contributed by atoms with van der Waals surface area (Å²) in [5, 5.41) is 5.34. The van der Waals surface area contributed by atoms with Gasteiger partial charge in [-0.15, -0.1) is 11.3 Å². The fourth-order valence-electron chi connectivity index (χ4n) is 4.56. The second-order valence-electron chi connectivity index (χ2n) is 9.15. The lowest BCUT2D eigenvalue weighted by Crippen LogP contribution is -2.48. The van der Waals surface area contributed by atoms with Crippen LogP contribution in [0.5, 0.6) is 0 Å². The maximum Gasteiger partial charge on any atom is 0.280 e.